The molecule has 1 N–H and O–H groups in total. The summed E-state index contributed by atoms with van der Waals surface area (Å²) >= 11 is 5.63. The van der Waals surface area contributed by atoms with Crippen LogP contribution in [-0.4, -0.2) is 41.0 Å². The summed E-state index contributed by atoms with van der Waals surface area (Å²) in [6, 6.07) is 11.9. The van der Waals surface area contributed by atoms with E-state index in [1.165, 1.54) is 5.56 Å². The minimum Gasteiger partial charge on any atom is -0.341 e. The van der Waals surface area contributed by atoms with Gasteiger partial charge in [0.25, 0.3) is 0 Å². The normalized spacial score (nSPS) is 18.4. The molecule has 5 nitrogen and oxygen atoms in total. The molecule has 7 heteroatoms. The maximum absolute atomic E-state index is 11.9. The highest BCUT2D eigenvalue weighted by Crippen LogP contribution is 2.21. The van der Waals surface area contributed by atoms with Crippen molar-refractivity contribution in [2.45, 2.75) is 32.4 Å². The van der Waals surface area contributed by atoms with Crippen LogP contribution in [-0.2, 0) is 22.8 Å². The van der Waals surface area contributed by atoms with Crippen molar-refractivity contribution in [2.75, 3.05) is 16.8 Å². The average Bonchev–Trinajstić information content (AvgIpc) is 3.00. The summed E-state index contributed by atoms with van der Waals surface area (Å²) in [5, 5.41) is 3.80. The lowest BCUT2D eigenvalue weighted by Crippen LogP contribution is -2.43. The second-order valence-corrected chi connectivity index (χ2v) is 9.14. The van der Waals surface area contributed by atoms with E-state index in [4.69, 9.17) is 12.2 Å². The summed E-state index contributed by atoms with van der Waals surface area (Å²) in [4.78, 5) is 6.12. The van der Waals surface area contributed by atoms with Crippen LogP contribution < -0.4 is 5.32 Å². The van der Waals surface area contributed by atoms with Crippen LogP contribution in [0, 0.1) is 0 Å². The van der Waals surface area contributed by atoms with E-state index in [0.717, 1.165) is 17.7 Å². The molecule has 0 spiro atoms. The number of rotatable bonds is 5. The Hall–Kier alpha value is -1.99. The Balaban J connectivity index is 1.78. The van der Waals surface area contributed by atoms with Gasteiger partial charge in [0.1, 0.15) is 0 Å². The van der Waals surface area contributed by atoms with Gasteiger partial charge >= 0.3 is 0 Å². The zero-order valence-corrected chi connectivity index (χ0v) is 16.4. The minimum absolute atomic E-state index is 0.116. The Labute approximate surface area is 160 Å². The van der Waals surface area contributed by atoms with Gasteiger partial charge in [0.15, 0.2) is 14.9 Å². The number of hydrogen-bond donors (Lipinski definition) is 1. The maximum Gasteiger partial charge on any atom is 0.174 e. The molecule has 26 heavy (non-hydrogen) atoms. The molecule has 1 aromatic carbocycles. The van der Waals surface area contributed by atoms with Gasteiger partial charge in [-0.05, 0) is 54.4 Å². The molecule has 0 unspecified atom stereocenters. The Morgan fingerprint density at radius 1 is 1.27 bits per heavy atom. The highest BCUT2D eigenvalue weighted by atomic mass is 32.2. The predicted octanol–water partition coefficient (Wildman–Crippen LogP) is 3.03. The van der Waals surface area contributed by atoms with Crippen molar-refractivity contribution < 1.29 is 8.42 Å². The number of pyridine rings is 1. The molecule has 0 aliphatic carbocycles. The highest BCUT2D eigenvalue weighted by molar-refractivity contribution is 7.91. The number of anilines is 1. The molecular formula is C19H23N3O2S2. The van der Waals surface area contributed by atoms with Crippen LogP contribution in [0.5, 0.6) is 0 Å². The Bertz CT molecular complexity index is 852. The summed E-state index contributed by atoms with van der Waals surface area (Å²) in [5.74, 6) is 0.360. The summed E-state index contributed by atoms with van der Waals surface area (Å²) in [6.45, 7) is 2.65. The summed E-state index contributed by atoms with van der Waals surface area (Å²) < 4.78 is 23.9. The van der Waals surface area contributed by atoms with Gasteiger partial charge in [-0.25, -0.2) is 8.42 Å². The Kier molecular flexibility index (Phi) is 5.88. The van der Waals surface area contributed by atoms with E-state index in [2.05, 4.69) is 29.4 Å². The van der Waals surface area contributed by atoms with Crippen molar-refractivity contribution in [2.24, 2.45) is 0 Å². The van der Waals surface area contributed by atoms with Crippen molar-refractivity contribution in [3.05, 3.63) is 59.9 Å². The Morgan fingerprint density at radius 3 is 2.62 bits per heavy atom. The number of nitrogens with zero attached hydrogens (tertiary/aromatic N) is 2. The third kappa shape index (κ3) is 4.80. The second kappa shape index (κ2) is 8.14. The topological polar surface area (TPSA) is 62.3 Å². The van der Waals surface area contributed by atoms with Crippen LogP contribution in [0.3, 0.4) is 0 Å². The van der Waals surface area contributed by atoms with Gasteiger partial charge in [-0.1, -0.05) is 25.1 Å². The second-order valence-electron chi connectivity index (χ2n) is 6.53. The van der Waals surface area contributed by atoms with E-state index in [-0.39, 0.29) is 17.5 Å². The first kappa shape index (κ1) is 18.8. The smallest absolute Gasteiger partial charge is 0.174 e. The number of sulfone groups is 1. The molecule has 0 bridgehead atoms. The molecule has 2 aromatic rings. The third-order valence-electron chi connectivity index (χ3n) is 4.60. The van der Waals surface area contributed by atoms with Crippen molar-refractivity contribution in [1.82, 2.24) is 9.88 Å². The van der Waals surface area contributed by atoms with Crippen LogP contribution in [0.1, 0.15) is 24.5 Å². The third-order valence-corrected chi connectivity index (χ3v) is 6.69. The van der Waals surface area contributed by atoms with Crippen LogP contribution >= 0.6 is 12.2 Å². The molecular weight excluding hydrogens is 366 g/mol. The van der Waals surface area contributed by atoms with Crippen LogP contribution in [0.15, 0.2) is 48.8 Å². The number of nitrogens with one attached hydrogen (secondary N) is 1. The molecule has 0 amide bonds. The van der Waals surface area contributed by atoms with Crippen molar-refractivity contribution in [3.63, 3.8) is 0 Å². The van der Waals surface area contributed by atoms with E-state index in [1.54, 1.807) is 12.4 Å². The van der Waals surface area contributed by atoms with E-state index in [0.29, 0.717) is 18.1 Å². The number of benzene rings is 1. The molecule has 0 saturated carbocycles. The minimum atomic E-state index is -2.99. The summed E-state index contributed by atoms with van der Waals surface area (Å²) in [7, 11) is -2.99. The molecule has 3 rings (SSSR count). The predicted molar refractivity (Wildman–Crippen MR) is 109 cm³/mol. The molecule has 1 aromatic heterocycles. The molecule has 138 valence electrons. The van der Waals surface area contributed by atoms with Crippen molar-refractivity contribution in [1.29, 1.82) is 0 Å². The van der Waals surface area contributed by atoms with Gasteiger partial charge in [-0.15, -0.1) is 0 Å². The fraction of sp³-hybridized carbons (Fsp3) is 0.368. The van der Waals surface area contributed by atoms with Crippen LogP contribution in [0.4, 0.5) is 5.69 Å². The average molecular weight is 390 g/mol. The van der Waals surface area contributed by atoms with Gasteiger partial charge in [0, 0.05) is 30.7 Å². The van der Waals surface area contributed by atoms with Gasteiger partial charge in [-0.3, -0.25) is 4.98 Å². The van der Waals surface area contributed by atoms with E-state index in [1.807, 2.05) is 29.2 Å². The quantitative estimate of drug-likeness (QED) is 0.793. The fourth-order valence-corrected chi connectivity index (χ4v) is 5.16. The molecule has 1 atom stereocenters. The molecule has 0 radical (unpaired) electrons. The number of hydrogen-bond acceptors (Lipinski definition) is 4. The first-order valence-corrected chi connectivity index (χ1v) is 11.0. The first-order valence-electron chi connectivity index (χ1n) is 8.73. The Morgan fingerprint density at radius 2 is 2.04 bits per heavy atom. The van der Waals surface area contributed by atoms with E-state index < -0.39 is 9.84 Å². The molecule has 1 fully saturated rings. The lowest BCUT2D eigenvalue weighted by molar-refractivity contribution is 0.332. The van der Waals surface area contributed by atoms with Gasteiger partial charge < -0.3 is 10.2 Å². The lowest BCUT2D eigenvalue weighted by Gasteiger charge is -2.31. The van der Waals surface area contributed by atoms with E-state index in [9.17, 15) is 8.42 Å². The fourth-order valence-electron chi connectivity index (χ4n) is 3.10. The zero-order valence-electron chi connectivity index (χ0n) is 14.8. The summed E-state index contributed by atoms with van der Waals surface area (Å²) in [6.07, 6.45) is 5.09. The van der Waals surface area contributed by atoms with Crippen LogP contribution in [0.25, 0.3) is 0 Å². The monoisotopic (exact) mass is 389 g/mol. The molecule has 1 aliphatic heterocycles. The number of aryl methyl sites for hydroxylation is 1. The van der Waals surface area contributed by atoms with E-state index >= 15 is 0 Å². The highest BCUT2D eigenvalue weighted by Gasteiger charge is 2.33. The first-order chi connectivity index (χ1) is 12.5. The van der Waals surface area contributed by atoms with Gasteiger partial charge in [0.05, 0.1) is 11.5 Å². The molecule has 1 aliphatic rings. The number of thiocarbonyl (C=S) groups is 1. The summed E-state index contributed by atoms with van der Waals surface area (Å²) in [5.41, 5.74) is 3.17. The molecule has 2 heterocycles. The standard InChI is InChI=1S/C19H23N3O2S2/c1-2-15-5-7-17(8-6-15)21-19(25)22(13-16-4-3-10-20-12-16)18-9-11-26(23,24)14-18/h3-8,10,12,18H,2,9,11,13-14H2,1H3,(H,21,25)/t18-/m1/s1. The zero-order chi connectivity index (χ0) is 18.6. The SMILES string of the molecule is CCc1ccc(NC(=S)N(Cc2cccnc2)[C@@H]2CCS(=O)(=O)C2)cc1. The van der Waals surface area contributed by atoms with Gasteiger partial charge in [0.2, 0.25) is 0 Å². The van der Waals surface area contributed by atoms with Gasteiger partial charge in [-0.2, -0.15) is 0 Å². The largest absolute Gasteiger partial charge is 0.341 e. The number of aromatic nitrogens is 1. The van der Waals surface area contributed by atoms with Crippen molar-refractivity contribution in [3.8, 4) is 0 Å². The van der Waals surface area contributed by atoms with Crippen LogP contribution in [0.2, 0.25) is 0 Å². The maximum atomic E-state index is 11.9. The van der Waals surface area contributed by atoms with Crippen molar-refractivity contribution >= 4 is 32.9 Å². The molecule has 1 saturated heterocycles. The lowest BCUT2D eigenvalue weighted by atomic mass is 10.1.